The van der Waals surface area contributed by atoms with Crippen molar-refractivity contribution in [2.75, 3.05) is 46.4 Å². The number of amides is 1. The summed E-state index contributed by atoms with van der Waals surface area (Å²) < 4.78 is 5.39. The summed E-state index contributed by atoms with van der Waals surface area (Å²) in [7, 11) is 1.70. The average molecular weight is 332 g/mol. The van der Waals surface area contributed by atoms with Crippen LogP contribution in [-0.4, -0.2) is 68.0 Å². The first-order valence-electron chi connectivity index (χ1n) is 8.56. The molecule has 132 valence electrons. The number of nitrogens with one attached hydrogen (secondary N) is 1. The predicted molar refractivity (Wildman–Crippen MR) is 96.5 cm³/mol. The molecule has 0 unspecified atom stereocenters. The van der Waals surface area contributed by atoms with Gasteiger partial charge in [0.25, 0.3) is 0 Å². The van der Waals surface area contributed by atoms with Gasteiger partial charge in [-0.2, -0.15) is 0 Å². The first-order chi connectivity index (χ1) is 11.7. The molecule has 0 atom stereocenters. The molecule has 1 N–H and O–H groups in total. The molecule has 0 spiro atoms. The van der Waals surface area contributed by atoms with E-state index in [1.54, 1.807) is 14.0 Å². The summed E-state index contributed by atoms with van der Waals surface area (Å²) in [6, 6.07) is 8.05. The molecule has 0 aliphatic carbocycles. The number of hydrogen-bond donors (Lipinski definition) is 1. The van der Waals surface area contributed by atoms with E-state index < -0.39 is 0 Å². The Hall–Kier alpha value is -2.24. The van der Waals surface area contributed by atoms with Gasteiger partial charge in [0.2, 0.25) is 5.91 Å². The summed E-state index contributed by atoms with van der Waals surface area (Å²) in [4.78, 5) is 20.3. The minimum absolute atomic E-state index is 0.146. The number of methoxy groups -OCH3 is 1. The highest BCUT2D eigenvalue weighted by Gasteiger charge is 2.20. The summed E-state index contributed by atoms with van der Waals surface area (Å²) >= 11 is 0. The number of benzene rings is 1. The maximum absolute atomic E-state index is 11.4. The maximum Gasteiger partial charge on any atom is 0.219 e. The van der Waals surface area contributed by atoms with Gasteiger partial charge >= 0.3 is 0 Å². The number of carbonyl (C=O) groups is 1. The summed E-state index contributed by atoms with van der Waals surface area (Å²) in [6.45, 7) is 8.39. The Morgan fingerprint density at radius 3 is 2.50 bits per heavy atom. The van der Waals surface area contributed by atoms with Crippen LogP contribution < -0.4 is 10.1 Å². The molecule has 1 aromatic carbocycles. The van der Waals surface area contributed by atoms with E-state index in [0.29, 0.717) is 6.54 Å². The molecule has 1 aliphatic heterocycles. The second kappa shape index (κ2) is 9.15. The van der Waals surface area contributed by atoms with Gasteiger partial charge in [-0.3, -0.25) is 9.79 Å². The van der Waals surface area contributed by atoms with E-state index in [1.165, 1.54) is 5.56 Å². The third kappa shape index (κ3) is 4.88. The highest BCUT2D eigenvalue weighted by Crippen LogP contribution is 2.17. The maximum atomic E-state index is 11.4. The second-order valence-corrected chi connectivity index (χ2v) is 5.79. The summed E-state index contributed by atoms with van der Waals surface area (Å²) in [5, 5.41) is 3.35. The van der Waals surface area contributed by atoms with Crippen LogP contribution in [-0.2, 0) is 11.2 Å². The summed E-state index contributed by atoms with van der Waals surface area (Å²) in [5.41, 5.74) is 1.17. The van der Waals surface area contributed by atoms with E-state index in [9.17, 15) is 4.79 Å². The van der Waals surface area contributed by atoms with Crippen molar-refractivity contribution in [2.45, 2.75) is 20.3 Å². The van der Waals surface area contributed by atoms with E-state index >= 15 is 0 Å². The average Bonchev–Trinajstić information content (AvgIpc) is 2.61. The zero-order chi connectivity index (χ0) is 17.4. The van der Waals surface area contributed by atoms with Crippen LogP contribution in [0, 0.1) is 0 Å². The van der Waals surface area contributed by atoms with Crippen LogP contribution in [0.2, 0.25) is 0 Å². The zero-order valence-corrected chi connectivity index (χ0v) is 14.9. The SMILES string of the molecule is CCNC(=NCCc1ccccc1OC)N1CCN(C(C)=O)CC1. The number of hydrogen-bond acceptors (Lipinski definition) is 3. The van der Waals surface area contributed by atoms with Crippen molar-refractivity contribution < 1.29 is 9.53 Å². The van der Waals surface area contributed by atoms with Crippen LogP contribution in [0.3, 0.4) is 0 Å². The normalized spacial score (nSPS) is 15.4. The van der Waals surface area contributed by atoms with Gasteiger partial charge in [0.15, 0.2) is 5.96 Å². The Kier molecular flexibility index (Phi) is 6.90. The predicted octanol–water partition coefficient (Wildman–Crippen LogP) is 1.37. The molecule has 1 fully saturated rings. The van der Waals surface area contributed by atoms with Gasteiger partial charge in [0.1, 0.15) is 5.75 Å². The van der Waals surface area contributed by atoms with Crippen molar-refractivity contribution in [3.8, 4) is 5.75 Å². The Morgan fingerprint density at radius 1 is 1.21 bits per heavy atom. The van der Waals surface area contributed by atoms with Crippen molar-refractivity contribution in [3.63, 3.8) is 0 Å². The molecular formula is C18H28N4O2. The second-order valence-electron chi connectivity index (χ2n) is 5.79. The third-order valence-corrected chi connectivity index (χ3v) is 4.19. The third-order valence-electron chi connectivity index (χ3n) is 4.19. The molecule has 24 heavy (non-hydrogen) atoms. The van der Waals surface area contributed by atoms with Crippen LogP contribution in [0.15, 0.2) is 29.3 Å². The first-order valence-corrected chi connectivity index (χ1v) is 8.56. The molecule has 0 radical (unpaired) electrons. The van der Waals surface area contributed by atoms with Gasteiger partial charge < -0.3 is 19.9 Å². The highest BCUT2D eigenvalue weighted by molar-refractivity contribution is 5.80. The summed E-state index contributed by atoms with van der Waals surface area (Å²) in [6.07, 6.45) is 0.840. The number of para-hydroxylation sites is 1. The molecule has 6 heteroatoms. The molecule has 6 nitrogen and oxygen atoms in total. The number of rotatable bonds is 5. The fourth-order valence-electron chi connectivity index (χ4n) is 2.85. The monoisotopic (exact) mass is 332 g/mol. The van der Waals surface area contributed by atoms with Crippen molar-refractivity contribution in [3.05, 3.63) is 29.8 Å². The van der Waals surface area contributed by atoms with Gasteiger partial charge in [0.05, 0.1) is 7.11 Å². The van der Waals surface area contributed by atoms with Crippen LogP contribution in [0.25, 0.3) is 0 Å². The number of nitrogens with zero attached hydrogens (tertiary/aromatic N) is 3. The lowest BCUT2D eigenvalue weighted by Crippen LogP contribution is -2.53. The molecular weight excluding hydrogens is 304 g/mol. The van der Waals surface area contributed by atoms with Crippen molar-refractivity contribution in [1.29, 1.82) is 0 Å². The Balaban J connectivity index is 1.95. The number of ether oxygens (including phenoxy) is 1. The molecule has 1 saturated heterocycles. The Morgan fingerprint density at radius 2 is 1.88 bits per heavy atom. The zero-order valence-electron chi connectivity index (χ0n) is 14.9. The van der Waals surface area contributed by atoms with Gasteiger partial charge in [-0.15, -0.1) is 0 Å². The molecule has 0 saturated carbocycles. The minimum atomic E-state index is 0.146. The number of aliphatic imine (C=N–C) groups is 1. The number of carbonyl (C=O) groups excluding carboxylic acids is 1. The smallest absolute Gasteiger partial charge is 0.219 e. The Bertz CT molecular complexity index is 566. The van der Waals surface area contributed by atoms with Crippen molar-refractivity contribution in [2.24, 2.45) is 4.99 Å². The lowest BCUT2D eigenvalue weighted by atomic mass is 10.1. The van der Waals surface area contributed by atoms with Crippen LogP contribution in [0.5, 0.6) is 5.75 Å². The van der Waals surface area contributed by atoms with E-state index in [1.807, 2.05) is 23.1 Å². The van der Waals surface area contributed by atoms with Gasteiger partial charge in [0, 0.05) is 46.2 Å². The van der Waals surface area contributed by atoms with Gasteiger partial charge in [-0.1, -0.05) is 18.2 Å². The fraction of sp³-hybridized carbons (Fsp3) is 0.556. The molecule has 1 heterocycles. The van der Waals surface area contributed by atoms with E-state index in [-0.39, 0.29) is 5.91 Å². The van der Waals surface area contributed by atoms with E-state index in [2.05, 4.69) is 23.2 Å². The standard InChI is InChI=1S/C18H28N4O2/c1-4-19-18(22-13-11-21(12-14-22)15(2)23)20-10-9-16-7-5-6-8-17(16)24-3/h5-8H,4,9-14H2,1-3H3,(H,19,20). The highest BCUT2D eigenvalue weighted by atomic mass is 16.5. The molecule has 0 bridgehead atoms. The molecule has 1 amide bonds. The van der Waals surface area contributed by atoms with Crippen molar-refractivity contribution in [1.82, 2.24) is 15.1 Å². The van der Waals surface area contributed by atoms with Crippen LogP contribution in [0.1, 0.15) is 19.4 Å². The quantitative estimate of drug-likeness (QED) is 0.653. The van der Waals surface area contributed by atoms with Crippen molar-refractivity contribution >= 4 is 11.9 Å². The minimum Gasteiger partial charge on any atom is -0.496 e. The van der Waals surface area contributed by atoms with Crippen LogP contribution in [0.4, 0.5) is 0 Å². The fourth-order valence-corrected chi connectivity index (χ4v) is 2.85. The lowest BCUT2D eigenvalue weighted by molar-refractivity contribution is -0.130. The summed E-state index contributed by atoms with van der Waals surface area (Å²) in [5.74, 6) is 1.98. The van der Waals surface area contributed by atoms with E-state index in [4.69, 9.17) is 9.73 Å². The largest absolute Gasteiger partial charge is 0.496 e. The topological polar surface area (TPSA) is 57.2 Å². The molecule has 1 aromatic rings. The molecule has 0 aromatic heterocycles. The number of piperazine rings is 1. The van der Waals surface area contributed by atoms with Crippen LogP contribution >= 0.6 is 0 Å². The van der Waals surface area contributed by atoms with Gasteiger partial charge in [-0.25, -0.2) is 0 Å². The molecule has 2 rings (SSSR count). The lowest BCUT2D eigenvalue weighted by Gasteiger charge is -2.36. The van der Waals surface area contributed by atoms with E-state index in [0.717, 1.165) is 50.9 Å². The Labute approximate surface area is 144 Å². The first kappa shape index (κ1) is 18.1. The van der Waals surface area contributed by atoms with Gasteiger partial charge in [-0.05, 0) is 25.0 Å². The molecule has 1 aliphatic rings. The number of guanidine groups is 1.